The molecular weight excluding hydrogens is 534 g/mol. The van der Waals surface area contributed by atoms with Crippen LogP contribution in [0.25, 0.3) is 0 Å². The van der Waals surface area contributed by atoms with E-state index in [4.69, 9.17) is 11.6 Å². The van der Waals surface area contributed by atoms with Crippen LogP contribution in [0, 0.1) is 6.92 Å². The van der Waals surface area contributed by atoms with Crippen molar-refractivity contribution in [3.05, 3.63) is 95.0 Å². The molecule has 0 aromatic heterocycles. The van der Waals surface area contributed by atoms with Crippen LogP contribution in [0.15, 0.2) is 83.8 Å². The van der Waals surface area contributed by atoms with Gasteiger partial charge < -0.3 is 10.2 Å². The number of carbonyl (C=O) groups excluding carboxylic acids is 2. The summed E-state index contributed by atoms with van der Waals surface area (Å²) in [5.74, 6) is -0.797. The summed E-state index contributed by atoms with van der Waals surface area (Å²) < 4.78 is 28.8. The number of hydrogen-bond donors (Lipinski definition) is 1. The maximum Gasteiger partial charge on any atom is 0.264 e. The van der Waals surface area contributed by atoms with E-state index in [1.165, 1.54) is 17.0 Å². The topological polar surface area (TPSA) is 86.8 Å². The monoisotopic (exact) mass is 569 g/mol. The van der Waals surface area contributed by atoms with Crippen molar-refractivity contribution in [3.63, 3.8) is 0 Å². The molecule has 0 aliphatic rings. The minimum atomic E-state index is -4.12. The van der Waals surface area contributed by atoms with Crippen LogP contribution >= 0.6 is 11.6 Å². The van der Waals surface area contributed by atoms with E-state index in [0.29, 0.717) is 17.1 Å². The molecule has 0 aliphatic carbocycles. The molecule has 39 heavy (non-hydrogen) atoms. The number of benzene rings is 3. The molecule has 7 nitrogen and oxygen atoms in total. The standard InChI is InChI=1S/C30H36ClN3O4S/c1-6-27(29(36)32-30(3,4)5)33(20-23-10-8-7-9-11-23)28(35)21-34(25-16-14-24(31)15-17-25)39(37,38)26-18-12-22(2)13-19-26/h7-19,27H,6,20-21H2,1-5H3,(H,32,36)/t27-/m0/s1. The Bertz CT molecular complexity index is 1370. The number of nitrogens with one attached hydrogen (secondary N) is 1. The minimum absolute atomic E-state index is 0.0583. The molecule has 0 bridgehead atoms. The SMILES string of the molecule is CC[C@@H](C(=O)NC(C)(C)C)N(Cc1ccccc1)C(=O)CN(c1ccc(Cl)cc1)S(=O)(=O)c1ccc(C)cc1. The van der Waals surface area contributed by atoms with E-state index in [1.807, 2.05) is 65.0 Å². The third-order valence-electron chi connectivity index (χ3n) is 6.08. The molecule has 208 valence electrons. The summed E-state index contributed by atoms with van der Waals surface area (Å²) in [6.07, 6.45) is 0.353. The number of hydrogen-bond acceptors (Lipinski definition) is 4. The van der Waals surface area contributed by atoms with E-state index >= 15 is 0 Å². The Kier molecular flexibility index (Phi) is 9.80. The van der Waals surface area contributed by atoms with E-state index in [9.17, 15) is 18.0 Å². The summed E-state index contributed by atoms with van der Waals surface area (Å²) in [5, 5.41) is 3.40. The van der Waals surface area contributed by atoms with E-state index < -0.39 is 34.1 Å². The summed E-state index contributed by atoms with van der Waals surface area (Å²) >= 11 is 6.07. The first-order valence-electron chi connectivity index (χ1n) is 12.8. The van der Waals surface area contributed by atoms with Crippen molar-refractivity contribution in [1.29, 1.82) is 0 Å². The Balaban J connectivity index is 2.05. The predicted molar refractivity (Wildman–Crippen MR) is 156 cm³/mol. The zero-order valence-electron chi connectivity index (χ0n) is 23.0. The molecule has 1 N–H and O–H groups in total. The number of halogens is 1. The number of aryl methyl sites for hydroxylation is 1. The highest BCUT2D eigenvalue weighted by molar-refractivity contribution is 7.92. The molecule has 1 atom stereocenters. The van der Waals surface area contributed by atoms with Gasteiger partial charge in [0.25, 0.3) is 10.0 Å². The molecule has 0 radical (unpaired) electrons. The van der Waals surface area contributed by atoms with Gasteiger partial charge in [0.05, 0.1) is 10.6 Å². The van der Waals surface area contributed by atoms with Crippen LogP contribution in [-0.2, 0) is 26.2 Å². The number of amides is 2. The second kappa shape index (κ2) is 12.7. The van der Waals surface area contributed by atoms with Gasteiger partial charge >= 0.3 is 0 Å². The molecule has 0 unspecified atom stereocenters. The van der Waals surface area contributed by atoms with Crippen LogP contribution in [0.4, 0.5) is 5.69 Å². The van der Waals surface area contributed by atoms with Gasteiger partial charge in [0, 0.05) is 17.1 Å². The van der Waals surface area contributed by atoms with E-state index in [0.717, 1.165) is 15.4 Å². The van der Waals surface area contributed by atoms with Crippen molar-refractivity contribution >= 4 is 39.1 Å². The Labute approximate surface area is 236 Å². The predicted octanol–water partition coefficient (Wildman–Crippen LogP) is 5.57. The largest absolute Gasteiger partial charge is 0.350 e. The second-order valence-electron chi connectivity index (χ2n) is 10.5. The molecule has 0 fully saturated rings. The van der Waals surface area contributed by atoms with Crippen LogP contribution in [0.2, 0.25) is 5.02 Å². The first-order chi connectivity index (χ1) is 18.3. The third-order valence-corrected chi connectivity index (χ3v) is 8.12. The number of sulfonamides is 1. The number of nitrogens with zero attached hydrogens (tertiary/aromatic N) is 2. The molecule has 3 aromatic rings. The van der Waals surface area contributed by atoms with Gasteiger partial charge in [-0.25, -0.2) is 8.42 Å². The van der Waals surface area contributed by atoms with Gasteiger partial charge in [0.1, 0.15) is 12.6 Å². The van der Waals surface area contributed by atoms with Gasteiger partial charge in [-0.3, -0.25) is 13.9 Å². The number of carbonyl (C=O) groups is 2. The normalized spacial score (nSPS) is 12.5. The summed E-state index contributed by atoms with van der Waals surface area (Å²) in [4.78, 5) is 28.9. The fraction of sp³-hybridized carbons (Fsp3) is 0.333. The Morgan fingerprint density at radius 2 is 1.51 bits per heavy atom. The van der Waals surface area contributed by atoms with E-state index in [1.54, 1.807) is 36.4 Å². The van der Waals surface area contributed by atoms with Crippen molar-refractivity contribution in [1.82, 2.24) is 10.2 Å². The lowest BCUT2D eigenvalue weighted by Crippen LogP contribution is -2.55. The Morgan fingerprint density at radius 1 is 0.923 bits per heavy atom. The van der Waals surface area contributed by atoms with Gasteiger partial charge in [-0.1, -0.05) is 66.6 Å². The van der Waals surface area contributed by atoms with Crippen molar-refractivity contribution in [3.8, 4) is 0 Å². The van der Waals surface area contributed by atoms with Gasteiger partial charge in [-0.2, -0.15) is 0 Å². The fourth-order valence-corrected chi connectivity index (χ4v) is 5.67. The van der Waals surface area contributed by atoms with Crippen molar-refractivity contribution < 1.29 is 18.0 Å². The second-order valence-corrected chi connectivity index (χ2v) is 12.8. The first-order valence-corrected chi connectivity index (χ1v) is 14.6. The summed E-state index contributed by atoms with van der Waals surface area (Å²) in [6.45, 7) is 8.97. The summed E-state index contributed by atoms with van der Waals surface area (Å²) in [5.41, 5.74) is 1.52. The lowest BCUT2D eigenvalue weighted by Gasteiger charge is -2.34. The summed E-state index contributed by atoms with van der Waals surface area (Å²) in [7, 11) is -4.12. The highest BCUT2D eigenvalue weighted by Crippen LogP contribution is 2.26. The molecule has 0 aliphatic heterocycles. The van der Waals surface area contributed by atoms with Gasteiger partial charge in [0.15, 0.2) is 0 Å². The lowest BCUT2D eigenvalue weighted by atomic mass is 10.1. The van der Waals surface area contributed by atoms with Crippen LogP contribution in [0.3, 0.4) is 0 Å². The Hall–Kier alpha value is -3.36. The number of anilines is 1. The highest BCUT2D eigenvalue weighted by Gasteiger charge is 2.34. The molecule has 0 spiro atoms. The maximum atomic E-state index is 14.0. The third kappa shape index (κ3) is 8.07. The van der Waals surface area contributed by atoms with Crippen molar-refractivity contribution in [2.24, 2.45) is 0 Å². The molecule has 0 heterocycles. The molecule has 0 saturated heterocycles. The van der Waals surface area contributed by atoms with Crippen LogP contribution in [-0.4, -0.2) is 43.3 Å². The first kappa shape index (κ1) is 30.2. The van der Waals surface area contributed by atoms with E-state index in [2.05, 4.69) is 5.32 Å². The van der Waals surface area contributed by atoms with E-state index in [-0.39, 0.29) is 17.3 Å². The van der Waals surface area contributed by atoms with Gasteiger partial charge in [-0.15, -0.1) is 0 Å². The minimum Gasteiger partial charge on any atom is -0.350 e. The molecule has 9 heteroatoms. The van der Waals surface area contributed by atoms with Crippen molar-refractivity contribution in [2.45, 2.75) is 64.1 Å². The summed E-state index contributed by atoms with van der Waals surface area (Å²) in [6, 6.07) is 21.3. The molecular formula is C30H36ClN3O4S. The van der Waals surface area contributed by atoms with Crippen molar-refractivity contribution in [2.75, 3.05) is 10.8 Å². The smallest absolute Gasteiger partial charge is 0.264 e. The highest BCUT2D eigenvalue weighted by atomic mass is 35.5. The zero-order chi connectivity index (χ0) is 28.8. The molecule has 0 saturated carbocycles. The average molecular weight is 570 g/mol. The molecule has 3 rings (SSSR count). The van der Waals surface area contributed by atoms with Crippen LogP contribution in [0.1, 0.15) is 45.2 Å². The maximum absolute atomic E-state index is 14.0. The van der Waals surface area contributed by atoms with Gasteiger partial charge in [0.2, 0.25) is 11.8 Å². The average Bonchev–Trinajstić information content (AvgIpc) is 2.87. The number of rotatable bonds is 10. The molecule has 2 amide bonds. The van der Waals surface area contributed by atoms with Crippen LogP contribution in [0.5, 0.6) is 0 Å². The Morgan fingerprint density at radius 3 is 2.05 bits per heavy atom. The lowest BCUT2D eigenvalue weighted by molar-refractivity contribution is -0.141. The quantitative estimate of drug-likeness (QED) is 0.346. The van der Waals surface area contributed by atoms with Gasteiger partial charge in [-0.05, 0) is 76.1 Å². The fourth-order valence-electron chi connectivity index (χ4n) is 4.13. The van der Waals surface area contributed by atoms with Crippen LogP contribution < -0.4 is 9.62 Å². The zero-order valence-corrected chi connectivity index (χ0v) is 24.6. The molecule has 3 aromatic carbocycles.